The maximum Gasteiger partial charge on any atom is 0.326 e. The second-order valence-electron chi connectivity index (χ2n) is 5.09. The summed E-state index contributed by atoms with van der Waals surface area (Å²) in [5, 5.41) is 11.7. The fraction of sp³-hybridized carbons (Fsp3) is 0. The van der Waals surface area contributed by atoms with Crippen LogP contribution in [0.15, 0.2) is 72.8 Å². The van der Waals surface area contributed by atoms with Gasteiger partial charge in [0, 0.05) is 16.5 Å². The molecule has 0 bridgehead atoms. The lowest BCUT2D eigenvalue weighted by molar-refractivity contribution is 0.615. The summed E-state index contributed by atoms with van der Waals surface area (Å²) in [7, 11) is 1.15. The van der Waals surface area contributed by atoms with E-state index in [2.05, 4.69) is 47.0 Å². The van der Waals surface area contributed by atoms with Gasteiger partial charge in [-0.15, -0.1) is 0 Å². The van der Waals surface area contributed by atoms with Crippen LogP contribution in [0.1, 0.15) is 0 Å². The van der Waals surface area contributed by atoms with Crippen molar-refractivity contribution in [2.75, 3.05) is 0 Å². The molecule has 0 aliphatic rings. The fourth-order valence-corrected chi connectivity index (χ4v) is 2.92. The first-order chi connectivity index (χ1) is 10.4. The van der Waals surface area contributed by atoms with Crippen LogP contribution in [0.3, 0.4) is 0 Å². The second kappa shape index (κ2) is 5.68. The minimum atomic E-state index is 0. The number of para-hydroxylation sites is 2. The number of aromatic nitrogens is 1. The number of hydrogen-bond donors (Lipinski definition) is 1. The van der Waals surface area contributed by atoms with Crippen molar-refractivity contribution in [2.24, 2.45) is 0 Å². The highest BCUT2D eigenvalue weighted by molar-refractivity contribution is 6.46. The lowest BCUT2D eigenvalue weighted by Gasteiger charge is -2.07. The molecule has 4 rings (SSSR count). The number of benzene rings is 3. The molecule has 0 aliphatic heterocycles. The summed E-state index contributed by atoms with van der Waals surface area (Å²) in [6.07, 6.45) is 0. The molecule has 4 aromatic rings. The summed E-state index contributed by atoms with van der Waals surface area (Å²) in [4.78, 5) is 0. The molecule has 3 aromatic carbocycles. The molecule has 4 heteroatoms. The summed E-state index contributed by atoms with van der Waals surface area (Å²) in [5.74, 6) is 0. The Morgan fingerprint density at radius 3 is 2.18 bits per heavy atom. The van der Waals surface area contributed by atoms with E-state index in [9.17, 15) is 5.02 Å². The lowest BCUT2D eigenvalue weighted by Crippen LogP contribution is -2.12. The van der Waals surface area contributed by atoms with Gasteiger partial charge in [-0.3, -0.25) is 0 Å². The third kappa shape index (κ3) is 2.10. The summed E-state index contributed by atoms with van der Waals surface area (Å²) in [6.45, 7) is 0. The van der Waals surface area contributed by atoms with Crippen LogP contribution in [0.5, 0.6) is 0 Å². The van der Waals surface area contributed by atoms with E-state index in [-0.39, 0.29) is 5.48 Å². The average molecular weight is 288 g/mol. The Balaban J connectivity index is 0.00000144. The van der Waals surface area contributed by atoms with Gasteiger partial charge in [-0.25, -0.2) is 0 Å². The van der Waals surface area contributed by atoms with Gasteiger partial charge in [0.1, 0.15) is 0 Å². The predicted molar refractivity (Wildman–Crippen MR) is 92.0 cm³/mol. The first kappa shape index (κ1) is 14.4. The Bertz CT molecular complexity index is 932. The van der Waals surface area contributed by atoms with Crippen molar-refractivity contribution in [1.82, 2.24) is 4.57 Å². The van der Waals surface area contributed by atoms with E-state index < -0.39 is 0 Å². The van der Waals surface area contributed by atoms with Crippen molar-refractivity contribution < 1.29 is 10.5 Å². The molecule has 107 valence electrons. The molecule has 0 saturated heterocycles. The van der Waals surface area contributed by atoms with E-state index in [1.165, 1.54) is 16.3 Å². The maximum atomic E-state index is 9.30. The molecular weight excluding hydrogens is 273 g/mol. The minimum absolute atomic E-state index is 0. The summed E-state index contributed by atoms with van der Waals surface area (Å²) in [5.41, 5.74) is 4.21. The molecule has 3 nitrogen and oxygen atoms in total. The van der Waals surface area contributed by atoms with Crippen LogP contribution in [0, 0.1) is 0 Å². The standard InChI is InChI=1S/C18H13BNO.H2O/c21-19-13-10-11-16-15-8-4-5-9-17(15)20(18(16)12-13)14-6-2-1-3-7-14;/h1-12,21H;1H2. The maximum absolute atomic E-state index is 9.30. The first-order valence-corrected chi connectivity index (χ1v) is 6.94. The molecule has 0 fully saturated rings. The minimum Gasteiger partial charge on any atom is -0.450 e. The van der Waals surface area contributed by atoms with Gasteiger partial charge in [0.15, 0.2) is 0 Å². The third-order valence-electron chi connectivity index (χ3n) is 3.86. The van der Waals surface area contributed by atoms with Crippen molar-refractivity contribution in [3.8, 4) is 5.69 Å². The van der Waals surface area contributed by atoms with Gasteiger partial charge in [-0.1, -0.05) is 54.0 Å². The topological polar surface area (TPSA) is 56.7 Å². The summed E-state index contributed by atoms with van der Waals surface area (Å²) >= 11 is 0. The highest BCUT2D eigenvalue weighted by Gasteiger charge is 2.12. The largest absolute Gasteiger partial charge is 0.450 e. The fourth-order valence-electron chi connectivity index (χ4n) is 2.92. The van der Waals surface area contributed by atoms with Crippen LogP contribution in [-0.4, -0.2) is 22.5 Å². The summed E-state index contributed by atoms with van der Waals surface area (Å²) in [6, 6.07) is 24.7. The molecule has 0 saturated carbocycles. The van der Waals surface area contributed by atoms with Gasteiger partial charge in [-0.05, 0) is 24.3 Å². The van der Waals surface area contributed by atoms with E-state index in [0.717, 1.165) is 24.1 Å². The van der Waals surface area contributed by atoms with Crippen LogP contribution < -0.4 is 5.46 Å². The molecule has 0 amide bonds. The van der Waals surface area contributed by atoms with E-state index in [1.807, 2.05) is 30.3 Å². The van der Waals surface area contributed by atoms with E-state index >= 15 is 0 Å². The molecule has 22 heavy (non-hydrogen) atoms. The summed E-state index contributed by atoms with van der Waals surface area (Å²) < 4.78 is 2.23. The molecular formula is C18H15BNO2. The Morgan fingerprint density at radius 2 is 1.41 bits per heavy atom. The SMILES string of the molecule is O.O[B]c1ccc2c3ccccc3n(-c3ccccc3)c2c1. The number of rotatable bonds is 2. The molecule has 1 aromatic heterocycles. The van der Waals surface area contributed by atoms with Crippen LogP contribution in [-0.2, 0) is 0 Å². The zero-order chi connectivity index (χ0) is 14.2. The van der Waals surface area contributed by atoms with Crippen LogP contribution in [0.2, 0.25) is 0 Å². The van der Waals surface area contributed by atoms with Gasteiger partial charge >= 0.3 is 7.48 Å². The molecule has 1 radical (unpaired) electrons. The van der Waals surface area contributed by atoms with Crippen molar-refractivity contribution in [1.29, 1.82) is 0 Å². The van der Waals surface area contributed by atoms with Gasteiger partial charge < -0.3 is 15.1 Å². The quantitative estimate of drug-likeness (QED) is 0.565. The second-order valence-corrected chi connectivity index (χ2v) is 5.09. The normalized spacial score (nSPS) is 10.6. The van der Waals surface area contributed by atoms with Crippen LogP contribution in [0.4, 0.5) is 0 Å². The zero-order valence-corrected chi connectivity index (χ0v) is 11.9. The van der Waals surface area contributed by atoms with E-state index in [1.54, 1.807) is 0 Å². The zero-order valence-electron chi connectivity index (χ0n) is 11.9. The molecule has 0 aliphatic carbocycles. The van der Waals surface area contributed by atoms with Gasteiger partial charge in [0.2, 0.25) is 0 Å². The highest BCUT2D eigenvalue weighted by atomic mass is 16.2. The van der Waals surface area contributed by atoms with Crippen molar-refractivity contribution >= 4 is 34.8 Å². The van der Waals surface area contributed by atoms with Crippen LogP contribution in [0.25, 0.3) is 27.5 Å². The highest BCUT2D eigenvalue weighted by Crippen LogP contribution is 2.30. The van der Waals surface area contributed by atoms with E-state index in [4.69, 9.17) is 0 Å². The molecule has 0 spiro atoms. The van der Waals surface area contributed by atoms with Gasteiger partial charge in [0.25, 0.3) is 0 Å². The van der Waals surface area contributed by atoms with Gasteiger partial charge in [-0.2, -0.15) is 0 Å². The lowest BCUT2D eigenvalue weighted by atomic mass is 9.88. The number of fused-ring (bicyclic) bond motifs is 3. The Hall–Kier alpha value is -2.56. The Kier molecular flexibility index (Phi) is 3.71. The Labute approximate surface area is 129 Å². The molecule has 0 atom stereocenters. The van der Waals surface area contributed by atoms with Crippen LogP contribution >= 0.6 is 0 Å². The monoisotopic (exact) mass is 288 g/mol. The molecule has 0 unspecified atom stereocenters. The van der Waals surface area contributed by atoms with Gasteiger partial charge in [0.05, 0.1) is 11.0 Å². The first-order valence-electron chi connectivity index (χ1n) is 6.94. The van der Waals surface area contributed by atoms with Crippen molar-refractivity contribution in [3.05, 3.63) is 72.8 Å². The smallest absolute Gasteiger partial charge is 0.326 e. The Morgan fingerprint density at radius 1 is 0.727 bits per heavy atom. The number of hydrogen-bond acceptors (Lipinski definition) is 1. The van der Waals surface area contributed by atoms with Crippen molar-refractivity contribution in [3.63, 3.8) is 0 Å². The van der Waals surface area contributed by atoms with Crippen molar-refractivity contribution in [2.45, 2.75) is 0 Å². The predicted octanol–water partition coefficient (Wildman–Crippen LogP) is 2.20. The van der Waals surface area contributed by atoms with E-state index in [0.29, 0.717) is 0 Å². The molecule has 1 heterocycles. The third-order valence-corrected chi connectivity index (χ3v) is 3.86. The number of nitrogens with zero attached hydrogens (tertiary/aromatic N) is 1. The average Bonchev–Trinajstić information content (AvgIpc) is 2.89. The molecule has 3 N–H and O–H groups in total.